The van der Waals surface area contributed by atoms with E-state index >= 15 is 0 Å². The summed E-state index contributed by atoms with van der Waals surface area (Å²) in [7, 11) is 0. The molecule has 134 valence electrons. The van der Waals surface area contributed by atoms with Gasteiger partial charge < -0.3 is 10.1 Å². The van der Waals surface area contributed by atoms with Gasteiger partial charge in [-0.2, -0.15) is 5.10 Å². The maximum absolute atomic E-state index is 12.6. The van der Waals surface area contributed by atoms with Crippen molar-refractivity contribution in [2.75, 3.05) is 5.32 Å². The van der Waals surface area contributed by atoms with E-state index in [2.05, 4.69) is 31.3 Å². The molecule has 26 heavy (non-hydrogen) atoms. The van der Waals surface area contributed by atoms with Crippen molar-refractivity contribution >= 4 is 39.1 Å². The quantitative estimate of drug-likeness (QED) is 0.645. The van der Waals surface area contributed by atoms with Crippen LogP contribution in [0.2, 0.25) is 5.02 Å². The van der Waals surface area contributed by atoms with Crippen LogP contribution >= 0.6 is 27.5 Å². The number of carbonyl (C=O) groups is 1. The number of anilines is 1. The number of hydrogen-bond donors (Lipinski definition) is 1. The Bertz CT molecular complexity index is 931. The molecule has 0 aliphatic heterocycles. The van der Waals surface area contributed by atoms with Gasteiger partial charge in [0.15, 0.2) is 6.10 Å². The molecule has 3 aromatic rings. The number of aryl methyl sites for hydroxylation is 1. The number of nitrogens with zero attached hydrogens (tertiary/aromatic N) is 3. The predicted molar refractivity (Wildman–Crippen MR) is 104 cm³/mol. The molecule has 1 amide bonds. The molecule has 0 aliphatic rings. The normalized spacial score (nSPS) is 11.8. The van der Waals surface area contributed by atoms with Crippen LogP contribution < -0.4 is 10.1 Å². The predicted octanol–water partition coefficient (Wildman–Crippen LogP) is 4.40. The minimum Gasteiger partial charge on any atom is -0.479 e. The first kappa shape index (κ1) is 18.4. The maximum atomic E-state index is 12.6. The molecule has 1 N–H and O–H groups in total. The number of amides is 1. The molecule has 2 aromatic carbocycles. The van der Waals surface area contributed by atoms with Gasteiger partial charge >= 0.3 is 0 Å². The van der Waals surface area contributed by atoms with Gasteiger partial charge in [0.25, 0.3) is 5.91 Å². The highest BCUT2D eigenvalue weighted by molar-refractivity contribution is 9.10. The Labute approximate surface area is 164 Å². The molecule has 1 atom stereocenters. The number of carbonyl (C=O) groups excluding carboxylic acids is 1. The molecular weight excluding hydrogens is 420 g/mol. The van der Waals surface area contributed by atoms with Crippen LogP contribution in [0, 0.1) is 6.92 Å². The lowest BCUT2D eigenvalue weighted by Crippen LogP contribution is -2.30. The molecule has 1 heterocycles. The zero-order valence-electron chi connectivity index (χ0n) is 14.1. The summed E-state index contributed by atoms with van der Waals surface area (Å²) >= 11 is 9.55. The van der Waals surface area contributed by atoms with E-state index in [0.29, 0.717) is 22.1 Å². The van der Waals surface area contributed by atoms with Crippen LogP contribution in [0.25, 0.3) is 5.69 Å². The van der Waals surface area contributed by atoms with Crippen molar-refractivity contribution < 1.29 is 9.53 Å². The van der Waals surface area contributed by atoms with Gasteiger partial charge in [-0.25, -0.2) is 9.67 Å². The number of nitrogens with one attached hydrogen (secondary N) is 1. The second-order valence-electron chi connectivity index (χ2n) is 5.68. The SMILES string of the molecule is Cc1ccc(Cl)c(OC(C)C(=O)Nc2cc(Br)ccc2-n2cncn2)c1. The van der Waals surface area contributed by atoms with Crippen LogP contribution in [0.15, 0.2) is 53.5 Å². The third-order valence-corrected chi connectivity index (χ3v) is 4.45. The molecule has 0 radical (unpaired) electrons. The first-order valence-corrected chi connectivity index (χ1v) is 8.99. The van der Waals surface area contributed by atoms with Gasteiger partial charge in [-0.3, -0.25) is 4.79 Å². The third-order valence-electron chi connectivity index (χ3n) is 3.64. The van der Waals surface area contributed by atoms with Gasteiger partial charge in [-0.15, -0.1) is 0 Å². The van der Waals surface area contributed by atoms with E-state index in [1.54, 1.807) is 36.1 Å². The van der Waals surface area contributed by atoms with Crippen LogP contribution in [0.1, 0.15) is 12.5 Å². The molecule has 0 saturated carbocycles. The number of ether oxygens (including phenoxy) is 1. The molecule has 3 rings (SSSR count). The van der Waals surface area contributed by atoms with E-state index < -0.39 is 6.10 Å². The molecular formula is C18H16BrClN4O2. The topological polar surface area (TPSA) is 69.0 Å². The summed E-state index contributed by atoms with van der Waals surface area (Å²) in [6.07, 6.45) is 2.25. The lowest BCUT2D eigenvalue weighted by Gasteiger charge is -2.17. The summed E-state index contributed by atoms with van der Waals surface area (Å²) in [6.45, 7) is 3.60. The highest BCUT2D eigenvalue weighted by Crippen LogP contribution is 2.27. The van der Waals surface area contributed by atoms with Crippen molar-refractivity contribution in [3.8, 4) is 11.4 Å². The summed E-state index contributed by atoms with van der Waals surface area (Å²) in [5.41, 5.74) is 2.28. The Balaban J connectivity index is 1.79. The highest BCUT2D eigenvalue weighted by atomic mass is 79.9. The van der Waals surface area contributed by atoms with Gasteiger partial charge in [0.1, 0.15) is 18.4 Å². The highest BCUT2D eigenvalue weighted by Gasteiger charge is 2.18. The molecule has 0 fully saturated rings. The lowest BCUT2D eigenvalue weighted by molar-refractivity contribution is -0.122. The van der Waals surface area contributed by atoms with Crippen molar-refractivity contribution in [2.24, 2.45) is 0 Å². The van der Waals surface area contributed by atoms with E-state index in [9.17, 15) is 4.79 Å². The van der Waals surface area contributed by atoms with Crippen LogP contribution in [0.3, 0.4) is 0 Å². The molecule has 0 spiro atoms. The van der Waals surface area contributed by atoms with E-state index in [-0.39, 0.29) is 5.91 Å². The number of benzene rings is 2. The molecule has 6 nitrogen and oxygen atoms in total. The minimum absolute atomic E-state index is 0.304. The zero-order chi connectivity index (χ0) is 18.7. The molecule has 0 bridgehead atoms. The molecule has 0 saturated heterocycles. The van der Waals surface area contributed by atoms with Crippen molar-refractivity contribution in [3.05, 3.63) is 64.1 Å². The fraction of sp³-hybridized carbons (Fsp3) is 0.167. The number of hydrogen-bond acceptors (Lipinski definition) is 4. The fourth-order valence-electron chi connectivity index (χ4n) is 2.32. The third kappa shape index (κ3) is 4.23. The molecule has 1 unspecified atom stereocenters. The average molecular weight is 436 g/mol. The Morgan fingerprint density at radius 3 is 2.85 bits per heavy atom. The summed E-state index contributed by atoms with van der Waals surface area (Å²) < 4.78 is 8.13. The van der Waals surface area contributed by atoms with E-state index in [4.69, 9.17) is 16.3 Å². The van der Waals surface area contributed by atoms with Gasteiger partial charge in [0, 0.05) is 4.47 Å². The van der Waals surface area contributed by atoms with Crippen LogP contribution in [-0.4, -0.2) is 26.8 Å². The molecule has 8 heteroatoms. The number of halogens is 2. The van der Waals surface area contributed by atoms with E-state index in [1.807, 2.05) is 25.1 Å². The first-order chi connectivity index (χ1) is 12.4. The van der Waals surface area contributed by atoms with Crippen LogP contribution in [0.5, 0.6) is 5.75 Å². The van der Waals surface area contributed by atoms with E-state index in [0.717, 1.165) is 10.0 Å². The smallest absolute Gasteiger partial charge is 0.265 e. The van der Waals surface area contributed by atoms with Crippen molar-refractivity contribution in [1.82, 2.24) is 14.8 Å². The summed E-state index contributed by atoms with van der Waals surface area (Å²) in [6, 6.07) is 10.9. The zero-order valence-corrected chi connectivity index (χ0v) is 16.5. The number of aromatic nitrogens is 3. The Morgan fingerprint density at radius 2 is 2.12 bits per heavy atom. The van der Waals surface area contributed by atoms with Gasteiger partial charge in [0.05, 0.1) is 16.4 Å². The Kier molecular flexibility index (Phi) is 5.58. The summed E-state index contributed by atoms with van der Waals surface area (Å²) in [5.74, 6) is 0.169. The van der Waals surface area contributed by atoms with E-state index in [1.165, 1.54) is 6.33 Å². The maximum Gasteiger partial charge on any atom is 0.265 e. The standard InChI is InChI=1S/C18H16BrClN4O2/c1-11-3-5-14(20)17(7-11)26-12(2)18(25)23-15-8-13(19)4-6-16(15)24-10-21-9-22-24/h3-10,12H,1-2H3,(H,23,25). The first-order valence-electron chi connectivity index (χ1n) is 7.82. The summed E-state index contributed by atoms with van der Waals surface area (Å²) in [5, 5.41) is 7.44. The Hall–Kier alpha value is -2.38. The Morgan fingerprint density at radius 1 is 1.31 bits per heavy atom. The number of rotatable bonds is 5. The van der Waals surface area contributed by atoms with Crippen molar-refractivity contribution in [3.63, 3.8) is 0 Å². The van der Waals surface area contributed by atoms with Gasteiger partial charge in [-0.1, -0.05) is 33.6 Å². The second-order valence-corrected chi connectivity index (χ2v) is 7.01. The minimum atomic E-state index is -0.739. The van der Waals surface area contributed by atoms with Gasteiger partial charge in [0.2, 0.25) is 0 Å². The lowest BCUT2D eigenvalue weighted by atomic mass is 10.2. The molecule has 0 aliphatic carbocycles. The van der Waals surface area contributed by atoms with Crippen molar-refractivity contribution in [2.45, 2.75) is 20.0 Å². The van der Waals surface area contributed by atoms with Crippen LogP contribution in [-0.2, 0) is 4.79 Å². The summed E-state index contributed by atoms with van der Waals surface area (Å²) in [4.78, 5) is 16.5. The fourth-order valence-corrected chi connectivity index (χ4v) is 2.84. The van der Waals surface area contributed by atoms with Gasteiger partial charge in [-0.05, 0) is 49.7 Å². The van der Waals surface area contributed by atoms with Crippen molar-refractivity contribution in [1.29, 1.82) is 0 Å². The largest absolute Gasteiger partial charge is 0.479 e. The molecule has 1 aromatic heterocycles. The average Bonchev–Trinajstić information content (AvgIpc) is 3.12. The monoisotopic (exact) mass is 434 g/mol. The second kappa shape index (κ2) is 7.88. The van der Waals surface area contributed by atoms with Crippen LogP contribution in [0.4, 0.5) is 5.69 Å².